The number of hydrogen-bond acceptors (Lipinski definition) is 5. The van der Waals surface area contributed by atoms with Crippen molar-refractivity contribution in [3.05, 3.63) is 5.82 Å². The van der Waals surface area contributed by atoms with E-state index in [4.69, 9.17) is 4.74 Å². The van der Waals surface area contributed by atoms with Gasteiger partial charge in [-0.2, -0.15) is 0 Å². The third kappa shape index (κ3) is 4.35. The van der Waals surface area contributed by atoms with Gasteiger partial charge in [-0.05, 0) is 30.3 Å². The standard InChI is InChI=1S/C9H19N5O/c1-3-6-15-7-4-5-14-9(8-10-2)11-12-13-14/h10H,3-8H2,1-2H3. The first-order chi connectivity index (χ1) is 7.38. The minimum atomic E-state index is 0.697. The lowest BCUT2D eigenvalue weighted by Gasteiger charge is -2.04. The molecule has 0 saturated heterocycles. The minimum Gasteiger partial charge on any atom is -0.381 e. The Kier molecular flexibility index (Phi) is 5.87. The number of aromatic nitrogens is 4. The number of hydrogen-bond donors (Lipinski definition) is 1. The summed E-state index contributed by atoms with van der Waals surface area (Å²) in [7, 11) is 1.88. The van der Waals surface area contributed by atoms with E-state index in [2.05, 4.69) is 27.8 Å². The van der Waals surface area contributed by atoms with Crippen molar-refractivity contribution in [3.63, 3.8) is 0 Å². The van der Waals surface area contributed by atoms with Gasteiger partial charge >= 0.3 is 0 Å². The third-order valence-corrected chi connectivity index (χ3v) is 1.95. The van der Waals surface area contributed by atoms with Crippen molar-refractivity contribution < 1.29 is 4.74 Å². The molecule has 0 unspecified atom stereocenters. The monoisotopic (exact) mass is 213 g/mol. The van der Waals surface area contributed by atoms with Crippen LogP contribution in [0.25, 0.3) is 0 Å². The largest absolute Gasteiger partial charge is 0.381 e. The van der Waals surface area contributed by atoms with E-state index in [9.17, 15) is 0 Å². The van der Waals surface area contributed by atoms with Crippen molar-refractivity contribution in [3.8, 4) is 0 Å². The van der Waals surface area contributed by atoms with Crippen LogP contribution < -0.4 is 5.32 Å². The van der Waals surface area contributed by atoms with Gasteiger partial charge in [0.1, 0.15) is 0 Å². The van der Waals surface area contributed by atoms with Crippen LogP contribution in [0.4, 0.5) is 0 Å². The Morgan fingerprint density at radius 1 is 1.40 bits per heavy atom. The van der Waals surface area contributed by atoms with Crippen LogP contribution >= 0.6 is 0 Å². The Balaban J connectivity index is 2.21. The highest BCUT2D eigenvalue weighted by Gasteiger charge is 2.03. The molecule has 1 N–H and O–H groups in total. The molecule has 1 heterocycles. The Morgan fingerprint density at radius 3 is 3.00 bits per heavy atom. The Morgan fingerprint density at radius 2 is 2.27 bits per heavy atom. The second-order valence-corrected chi connectivity index (χ2v) is 3.31. The molecule has 6 nitrogen and oxygen atoms in total. The fourth-order valence-corrected chi connectivity index (χ4v) is 1.24. The van der Waals surface area contributed by atoms with E-state index in [0.717, 1.165) is 38.4 Å². The molecule has 1 rings (SSSR count). The van der Waals surface area contributed by atoms with Gasteiger partial charge in [0, 0.05) is 19.8 Å². The molecule has 0 aromatic carbocycles. The average Bonchev–Trinajstić information content (AvgIpc) is 2.66. The highest BCUT2D eigenvalue weighted by atomic mass is 16.5. The molecule has 0 saturated carbocycles. The van der Waals surface area contributed by atoms with E-state index < -0.39 is 0 Å². The van der Waals surface area contributed by atoms with E-state index in [1.165, 1.54) is 0 Å². The number of nitrogens with zero attached hydrogens (tertiary/aromatic N) is 4. The summed E-state index contributed by atoms with van der Waals surface area (Å²) < 4.78 is 7.19. The minimum absolute atomic E-state index is 0.697. The van der Waals surface area contributed by atoms with Crippen molar-refractivity contribution in [1.82, 2.24) is 25.5 Å². The zero-order valence-electron chi connectivity index (χ0n) is 9.44. The van der Waals surface area contributed by atoms with Crippen LogP contribution in [-0.2, 0) is 17.8 Å². The summed E-state index contributed by atoms with van der Waals surface area (Å²) in [5.74, 6) is 0.869. The molecule has 1 aromatic heterocycles. The average molecular weight is 213 g/mol. The summed E-state index contributed by atoms with van der Waals surface area (Å²) >= 11 is 0. The van der Waals surface area contributed by atoms with Crippen molar-refractivity contribution in [1.29, 1.82) is 0 Å². The SMILES string of the molecule is CCCOCCCn1nnnc1CNC. The fraction of sp³-hybridized carbons (Fsp3) is 0.889. The highest BCUT2D eigenvalue weighted by molar-refractivity contribution is 4.78. The molecule has 0 aliphatic heterocycles. The van der Waals surface area contributed by atoms with Gasteiger partial charge in [0.15, 0.2) is 5.82 Å². The Bertz CT molecular complexity index is 263. The van der Waals surface area contributed by atoms with Gasteiger partial charge < -0.3 is 10.1 Å². The molecule has 86 valence electrons. The molecular formula is C9H19N5O. The molecule has 0 amide bonds. The lowest BCUT2D eigenvalue weighted by atomic mass is 10.4. The molecule has 0 radical (unpaired) electrons. The van der Waals surface area contributed by atoms with Crippen LogP contribution in [0.5, 0.6) is 0 Å². The van der Waals surface area contributed by atoms with Gasteiger partial charge in [0.05, 0.1) is 6.54 Å². The molecule has 15 heavy (non-hydrogen) atoms. The van der Waals surface area contributed by atoms with Gasteiger partial charge in [-0.1, -0.05) is 6.92 Å². The first-order valence-electron chi connectivity index (χ1n) is 5.36. The zero-order chi connectivity index (χ0) is 10.9. The van der Waals surface area contributed by atoms with Gasteiger partial charge in [-0.25, -0.2) is 4.68 Å². The van der Waals surface area contributed by atoms with Crippen LogP contribution in [0.15, 0.2) is 0 Å². The van der Waals surface area contributed by atoms with Crippen molar-refractivity contribution >= 4 is 0 Å². The van der Waals surface area contributed by atoms with Crippen LogP contribution in [0, 0.1) is 0 Å². The molecule has 0 aliphatic carbocycles. The number of ether oxygens (including phenoxy) is 1. The number of tetrazole rings is 1. The van der Waals surface area contributed by atoms with Crippen molar-refractivity contribution in [2.75, 3.05) is 20.3 Å². The molecule has 6 heteroatoms. The van der Waals surface area contributed by atoms with Crippen LogP contribution in [0.1, 0.15) is 25.6 Å². The molecule has 0 aliphatic rings. The third-order valence-electron chi connectivity index (χ3n) is 1.95. The predicted octanol–water partition coefficient (Wildman–Crippen LogP) is 0.209. The lowest BCUT2D eigenvalue weighted by molar-refractivity contribution is 0.128. The lowest BCUT2D eigenvalue weighted by Crippen LogP contribution is -2.14. The summed E-state index contributed by atoms with van der Waals surface area (Å²) in [5, 5.41) is 14.5. The van der Waals surface area contributed by atoms with E-state index in [1.807, 2.05) is 11.7 Å². The molecule has 0 bridgehead atoms. The Labute approximate surface area is 90.0 Å². The first kappa shape index (κ1) is 12.1. The summed E-state index contributed by atoms with van der Waals surface area (Å²) in [4.78, 5) is 0. The zero-order valence-corrected chi connectivity index (χ0v) is 9.44. The quantitative estimate of drug-likeness (QED) is 0.625. The van der Waals surface area contributed by atoms with E-state index in [1.54, 1.807) is 0 Å². The molecule has 1 aromatic rings. The second kappa shape index (κ2) is 7.30. The smallest absolute Gasteiger partial charge is 0.165 e. The van der Waals surface area contributed by atoms with Crippen LogP contribution in [-0.4, -0.2) is 40.5 Å². The topological polar surface area (TPSA) is 64.9 Å². The van der Waals surface area contributed by atoms with Gasteiger partial charge in [0.25, 0.3) is 0 Å². The summed E-state index contributed by atoms with van der Waals surface area (Å²) in [5.41, 5.74) is 0. The summed E-state index contributed by atoms with van der Waals surface area (Å²) in [6.45, 7) is 5.22. The highest BCUT2D eigenvalue weighted by Crippen LogP contribution is 1.95. The summed E-state index contributed by atoms with van der Waals surface area (Å²) in [6, 6.07) is 0. The maximum atomic E-state index is 5.38. The fourth-order valence-electron chi connectivity index (χ4n) is 1.24. The van der Waals surface area contributed by atoms with Gasteiger partial charge in [-0.15, -0.1) is 5.10 Å². The molecule has 0 fully saturated rings. The summed E-state index contributed by atoms with van der Waals surface area (Å²) in [6.07, 6.45) is 2.01. The van der Waals surface area contributed by atoms with E-state index >= 15 is 0 Å². The number of aryl methyl sites for hydroxylation is 1. The van der Waals surface area contributed by atoms with Crippen molar-refractivity contribution in [2.45, 2.75) is 32.9 Å². The number of rotatable bonds is 8. The Hall–Kier alpha value is -1.01. The van der Waals surface area contributed by atoms with Gasteiger partial charge in [0.2, 0.25) is 0 Å². The molecular weight excluding hydrogens is 194 g/mol. The normalized spacial score (nSPS) is 10.8. The van der Waals surface area contributed by atoms with E-state index in [-0.39, 0.29) is 0 Å². The second-order valence-electron chi connectivity index (χ2n) is 3.31. The van der Waals surface area contributed by atoms with Gasteiger partial charge in [-0.3, -0.25) is 0 Å². The maximum Gasteiger partial charge on any atom is 0.165 e. The van der Waals surface area contributed by atoms with Crippen LogP contribution in [0.3, 0.4) is 0 Å². The maximum absolute atomic E-state index is 5.38. The molecule has 0 spiro atoms. The van der Waals surface area contributed by atoms with Crippen molar-refractivity contribution in [2.24, 2.45) is 0 Å². The first-order valence-corrected chi connectivity index (χ1v) is 5.36. The number of nitrogens with one attached hydrogen (secondary N) is 1. The van der Waals surface area contributed by atoms with Crippen LogP contribution in [0.2, 0.25) is 0 Å². The predicted molar refractivity (Wildman–Crippen MR) is 56.3 cm³/mol. The molecule has 0 atom stereocenters. The van der Waals surface area contributed by atoms with E-state index in [0.29, 0.717) is 6.54 Å².